The standard InChI is InChI=1S/C30H38N4O4/c1-21-18-34(22(2)20-35)29(36)26-16-24(15-14-23-10-6-4-7-11-23)17-31-28(26)38-27(21)19-33(3)30(37)32-25-12-8-5-9-13-25/h5,8-9,12-13,16-17,21-23,27,35H,4,6-7,10-11,18-20H2,1-3H3,(H,32,37)/t21-,22+,27+/m1/s1. The van der Waals surface area contributed by atoms with Crippen LogP contribution in [0.3, 0.4) is 0 Å². The number of para-hydroxylation sites is 1. The van der Waals surface area contributed by atoms with Crippen LogP contribution in [-0.4, -0.2) is 70.7 Å². The number of hydrogen-bond donors (Lipinski definition) is 2. The van der Waals surface area contributed by atoms with E-state index in [1.807, 2.05) is 44.2 Å². The number of nitrogens with one attached hydrogen (secondary N) is 1. The van der Waals surface area contributed by atoms with Crippen molar-refractivity contribution in [3.05, 3.63) is 53.7 Å². The van der Waals surface area contributed by atoms with E-state index in [1.165, 1.54) is 19.3 Å². The molecule has 1 aliphatic carbocycles. The summed E-state index contributed by atoms with van der Waals surface area (Å²) < 4.78 is 6.31. The maximum atomic E-state index is 13.6. The van der Waals surface area contributed by atoms with Crippen molar-refractivity contribution in [2.24, 2.45) is 11.8 Å². The maximum absolute atomic E-state index is 13.6. The number of ether oxygens (including phenoxy) is 1. The maximum Gasteiger partial charge on any atom is 0.321 e. The van der Waals surface area contributed by atoms with Gasteiger partial charge in [-0.05, 0) is 38.0 Å². The molecule has 1 saturated carbocycles. The Balaban J connectivity index is 1.57. The minimum atomic E-state index is -0.423. The van der Waals surface area contributed by atoms with Gasteiger partial charge in [0.05, 0.1) is 19.2 Å². The van der Waals surface area contributed by atoms with E-state index in [4.69, 9.17) is 4.74 Å². The number of urea groups is 1. The molecule has 8 nitrogen and oxygen atoms in total. The van der Waals surface area contributed by atoms with Crippen LogP contribution in [0.1, 0.15) is 61.9 Å². The topological polar surface area (TPSA) is 95.0 Å². The first-order valence-corrected chi connectivity index (χ1v) is 13.5. The molecule has 1 aliphatic heterocycles. The number of nitrogens with zero attached hydrogens (tertiary/aromatic N) is 3. The zero-order valence-corrected chi connectivity index (χ0v) is 22.5. The average molecular weight is 519 g/mol. The molecule has 3 atom stereocenters. The number of carbonyl (C=O) groups excluding carboxylic acids is 2. The van der Waals surface area contributed by atoms with E-state index in [-0.39, 0.29) is 36.4 Å². The third-order valence-corrected chi connectivity index (χ3v) is 7.37. The summed E-state index contributed by atoms with van der Waals surface area (Å²) in [6.07, 6.45) is 7.13. The van der Waals surface area contributed by atoms with Gasteiger partial charge in [-0.3, -0.25) is 4.79 Å². The number of fused-ring (bicyclic) bond motifs is 1. The Kier molecular flexibility index (Phi) is 9.24. The van der Waals surface area contributed by atoms with E-state index >= 15 is 0 Å². The van der Waals surface area contributed by atoms with Gasteiger partial charge in [-0.1, -0.05) is 56.2 Å². The predicted octanol–water partition coefficient (Wildman–Crippen LogP) is 4.40. The lowest BCUT2D eigenvalue weighted by Gasteiger charge is -2.37. The molecule has 0 saturated heterocycles. The van der Waals surface area contributed by atoms with Crippen LogP contribution in [-0.2, 0) is 0 Å². The van der Waals surface area contributed by atoms with Gasteiger partial charge in [0, 0.05) is 42.9 Å². The van der Waals surface area contributed by atoms with Crippen molar-refractivity contribution in [2.45, 2.75) is 58.1 Å². The summed E-state index contributed by atoms with van der Waals surface area (Å²) in [6, 6.07) is 10.4. The number of pyridine rings is 1. The highest BCUT2D eigenvalue weighted by Crippen LogP contribution is 2.28. The minimum absolute atomic E-state index is 0.124. The molecule has 4 rings (SSSR count). The van der Waals surface area contributed by atoms with E-state index in [0.717, 1.165) is 12.8 Å². The number of hydrogen-bond acceptors (Lipinski definition) is 5. The lowest BCUT2D eigenvalue weighted by Crippen LogP contribution is -2.50. The Morgan fingerprint density at radius 2 is 2.00 bits per heavy atom. The fraction of sp³-hybridized carbons (Fsp3) is 0.500. The molecule has 2 aromatic rings. The molecule has 2 N–H and O–H groups in total. The van der Waals surface area contributed by atoms with E-state index in [1.54, 1.807) is 29.1 Å². The Morgan fingerprint density at radius 3 is 2.71 bits per heavy atom. The van der Waals surface area contributed by atoms with Crippen LogP contribution in [0.2, 0.25) is 0 Å². The Labute approximate surface area is 225 Å². The first-order chi connectivity index (χ1) is 18.4. The predicted molar refractivity (Wildman–Crippen MR) is 147 cm³/mol. The summed E-state index contributed by atoms with van der Waals surface area (Å²) in [6.45, 7) is 4.30. The van der Waals surface area contributed by atoms with E-state index in [9.17, 15) is 14.7 Å². The molecule has 2 heterocycles. The van der Waals surface area contributed by atoms with Crippen molar-refractivity contribution in [3.8, 4) is 17.7 Å². The van der Waals surface area contributed by atoms with E-state index in [2.05, 4.69) is 22.1 Å². The molecular weight excluding hydrogens is 480 g/mol. The van der Waals surface area contributed by atoms with Crippen molar-refractivity contribution in [3.63, 3.8) is 0 Å². The molecule has 2 aliphatic rings. The number of aliphatic hydroxyl groups excluding tert-OH is 1. The second kappa shape index (κ2) is 12.8. The quantitative estimate of drug-likeness (QED) is 0.573. The smallest absolute Gasteiger partial charge is 0.321 e. The SMILES string of the molecule is C[C@@H]1CN([C@@H](C)CO)C(=O)c2cc(C#CC3CCCCC3)cnc2O[C@H]1CN(C)C(=O)Nc1ccccc1. The molecule has 0 unspecified atom stereocenters. The Hall–Kier alpha value is -3.57. The molecule has 1 aromatic carbocycles. The largest absolute Gasteiger partial charge is 0.472 e. The highest BCUT2D eigenvalue weighted by atomic mass is 16.5. The minimum Gasteiger partial charge on any atom is -0.472 e. The summed E-state index contributed by atoms with van der Waals surface area (Å²) in [4.78, 5) is 34.2. The number of amides is 3. The third kappa shape index (κ3) is 6.84. The summed E-state index contributed by atoms with van der Waals surface area (Å²) in [7, 11) is 1.71. The summed E-state index contributed by atoms with van der Waals surface area (Å²) >= 11 is 0. The first-order valence-electron chi connectivity index (χ1n) is 13.5. The van der Waals surface area contributed by atoms with Crippen molar-refractivity contribution < 1.29 is 19.4 Å². The van der Waals surface area contributed by atoms with Gasteiger partial charge in [0.2, 0.25) is 5.88 Å². The number of anilines is 1. The molecule has 1 fully saturated rings. The second-order valence-corrected chi connectivity index (χ2v) is 10.5. The molecule has 0 bridgehead atoms. The fourth-order valence-electron chi connectivity index (χ4n) is 4.91. The van der Waals surface area contributed by atoms with Gasteiger partial charge in [-0.15, -0.1) is 0 Å². The van der Waals surface area contributed by atoms with E-state index < -0.39 is 6.10 Å². The lowest BCUT2D eigenvalue weighted by molar-refractivity contribution is 0.0356. The van der Waals surface area contributed by atoms with Gasteiger partial charge in [0.15, 0.2) is 0 Å². The summed E-state index contributed by atoms with van der Waals surface area (Å²) in [5.74, 6) is 6.82. The number of carbonyl (C=O) groups is 2. The Morgan fingerprint density at radius 1 is 1.26 bits per heavy atom. The normalized spacial score (nSPS) is 20.6. The van der Waals surface area contributed by atoms with Gasteiger partial charge in [0.1, 0.15) is 11.7 Å². The van der Waals surface area contributed by atoms with Crippen molar-refractivity contribution in [1.29, 1.82) is 0 Å². The van der Waals surface area contributed by atoms with Crippen LogP contribution < -0.4 is 10.1 Å². The van der Waals surface area contributed by atoms with Gasteiger partial charge in [-0.2, -0.15) is 0 Å². The zero-order valence-electron chi connectivity index (χ0n) is 22.5. The number of rotatable bonds is 5. The number of aromatic nitrogens is 1. The van der Waals surface area contributed by atoms with Gasteiger partial charge in [-0.25, -0.2) is 9.78 Å². The zero-order chi connectivity index (χ0) is 27.1. The number of likely N-dealkylation sites (N-methyl/N-ethyl adjacent to an activating group) is 1. The third-order valence-electron chi connectivity index (χ3n) is 7.37. The number of benzene rings is 1. The van der Waals surface area contributed by atoms with E-state index in [0.29, 0.717) is 35.8 Å². The molecule has 8 heteroatoms. The Bertz CT molecular complexity index is 1170. The second-order valence-electron chi connectivity index (χ2n) is 10.5. The highest BCUT2D eigenvalue weighted by molar-refractivity contribution is 5.97. The van der Waals surface area contributed by atoms with Crippen LogP contribution in [0.5, 0.6) is 5.88 Å². The van der Waals surface area contributed by atoms with Crippen LogP contribution in [0.15, 0.2) is 42.6 Å². The highest BCUT2D eigenvalue weighted by Gasteiger charge is 2.34. The lowest BCUT2D eigenvalue weighted by atomic mass is 9.90. The molecule has 0 radical (unpaired) electrons. The first kappa shape index (κ1) is 27.5. The summed E-state index contributed by atoms with van der Waals surface area (Å²) in [5.41, 5.74) is 1.71. The van der Waals surface area contributed by atoms with Crippen LogP contribution in [0.25, 0.3) is 0 Å². The van der Waals surface area contributed by atoms with Gasteiger partial charge in [0.25, 0.3) is 5.91 Å². The van der Waals surface area contributed by atoms with Crippen molar-refractivity contribution in [2.75, 3.05) is 32.1 Å². The number of aliphatic hydroxyl groups is 1. The van der Waals surface area contributed by atoms with Crippen molar-refractivity contribution >= 4 is 17.6 Å². The van der Waals surface area contributed by atoms with Gasteiger partial charge >= 0.3 is 6.03 Å². The fourth-order valence-corrected chi connectivity index (χ4v) is 4.91. The molecule has 0 spiro atoms. The monoisotopic (exact) mass is 518 g/mol. The molecule has 38 heavy (non-hydrogen) atoms. The molecular formula is C30H38N4O4. The molecule has 3 amide bonds. The van der Waals surface area contributed by atoms with Gasteiger partial charge < -0.3 is 25.0 Å². The average Bonchev–Trinajstić information content (AvgIpc) is 2.94. The molecule has 202 valence electrons. The summed E-state index contributed by atoms with van der Waals surface area (Å²) in [5, 5.41) is 12.8. The van der Waals surface area contributed by atoms with Crippen molar-refractivity contribution in [1.82, 2.24) is 14.8 Å². The van der Waals surface area contributed by atoms with Crippen LogP contribution in [0, 0.1) is 23.7 Å². The van der Waals surface area contributed by atoms with Crippen LogP contribution in [0.4, 0.5) is 10.5 Å². The van der Waals surface area contributed by atoms with Crippen LogP contribution >= 0.6 is 0 Å². The molecule has 1 aromatic heterocycles.